The monoisotopic (exact) mass is 417 g/mol. The minimum Gasteiger partial charge on any atom is -0.375 e. The van der Waals surface area contributed by atoms with E-state index in [0.29, 0.717) is 18.8 Å². The van der Waals surface area contributed by atoms with Crippen LogP contribution in [0.4, 0.5) is 10.5 Å². The van der Waals surface area contributed by atoms with Crippen molar-refractivity contribution in [2.75, 3.05) is 26.1 Å². The van der Waals surface area contributed by atoms with Crippen LogP contribution >= 0.6 is 0 Å². The van der Waals surface area contributed by atoms with E-state index >= 15 is 0 Å². The van der Waals surface area contributed by atoms with E-state index in [1.54, 1.807) is 18.0 Å². The van der Waals surface area contributed by atoms with Crippen LogP contribution in [0.15, 0.2) is 78.9 Å². The molecule has 6 heteroatoms. The smallest absolute Gasteiger partial charge is 0.317 e. The van der Waals surface area contributed by atoms with Crippen molar-refractivity contribution in [3.05, 3.63) is 90.0 Å². The van der Waals surface area contributed by atoms with Crippen LogP contribution in [0.2, 0.25) is 0 Å². The van der Waals surface area contributed by atoms with Crippen molar-refractivity contribution in [3.8, 4) is 11.1 Å². The van der Waals surface area contributed by atoms with Gasteiger partial charge in [-0.25, -0.2) is 4.79 Å². The number of anilines is 1. The number of urea groups is 1. The number of hydrogen-bond donors (Lipinski definition) is 2. The Balaban J connectivity index is 1.59. The highest BCUT2D eigenvalue weighted by atomic mass is 16.5. The molecule has 0 heterocycles. The van der Waals surface area contributed by atoms with Gasteiger partial charge in [0.05, 0.1) is 0 Å². The number of benzene rings is 3. The number of rotatable bonds is 8. The molecule has 0 atom stereocenters. The van der Waals surface area contributed by atoms with E-state index in [0.717, 1.165) is 22.3 Å². The van der Waals surface area contributed by atoms with E-state index in [2.05, 4.69) is 28.8 Å². The molecule has 2 N–H and O–H groups in total. The molecule has 0 saturated carbocycles. The van der Waals surface area contributed by atoms with E-state index in [4.69, 9.17) is 4.74 Å². The summed E-state index contributed by atoms with van der Waals surface area (Å²) in [5, 5.41) is 5.69. The first kappa shape index (κ1) is 22.1. The maximum atomic E-state index is 12.6. The van der Waals surface area contributed by atoms with Gasteiger partial charge in [0.25, 0.3) is 0 Å². The summed E-state index contributed by atoms with van der Waals surface area (Å²) >= 11 is 0. The van der Waals surface area contributed by atoms with Gasteiger partial charge in [-0.3, -0.25) is 4.79 Å². The quantitative estimate of drug-likeness (QED) is 0.575. The zero-order valence-corrected chi connectivity index (χ0v) is 17.8. The van der Waals surface area contributed by atoms with Gasteiger partial charge in [-0.15, -0.1) is 0 Å². The lowest BCUT2D eigenvalue weighted by atomic mass is 9.99. The molecule has 3 amide bonds. The van der Waals surface area contributed by atoms with E-state index in [9.17, 15) is 9.59 Å². The molecule has 0 radical (unpaired) electrons. The average Bonchev–Trinajstić information content (AvgIpc) is 2.79. The fourth-order valence-corrected chi connectivity index (χ4v) is 3.28. The number of hydrogen-bond acceptors (Lipinski definition) is 3. The predicted molar refractivity (Wildman–Crippen MR) is 123 cm³/mol. The van der Waals surface area contributed by atoms with Gasteiger partial charge in [0.1, 0.15) is 6.61 Å². The Labute approximate surface area is 182 Å². The largest absolute Gasteiger partial charge is 0.375 e. The zero-order valence-electron chi connectivity index (χ0n) is 17.8. The second kappa shape index (κ2) is 10.9. The fraction of sp³-hybridized carbons (Fsp3) is 0.200. The number of amides is 3. The molecular formula is C25H27N3O3. The SMILES string of the molecule is COCC(=O)Nc1cccc(CNC(=O)N(C)Cc2ccccc2-c2ccccc2)c1. The summed E-state index contributed by atoms with van der Waals surface area (Å²) in [5.41, 5.74) is 4.87. The average molecular weight is 418 g/mol. The summed E-state index contributed by atoms with van der Waals surface area (Å²) < 4.78 is 4.82. The summed E-state index contributed by atoms with van der Waals surface area (Å²) in [6.07, 6.45) is 0. The number of carbonyl (C=O) groups is 2. The van der Waals surface area contributed by atoms with Crippen LogP contribution in [-0.2, 0) is 22.6 Å². The number of methoxy groups -OCH3 is 1. The first-order valence-corrected chi connectivity index (χ1v) is 10.1. The van der Waals surface area contributed by atoms with Crippen molar-refractivity contribution in [1.29, 1.82) is 0 Å². The van der Waals surface area contributed by atoms with E-state index in [1.165, 1.54) is 7.11 Å². The second-order valence-corrected chi connectivity index (χ2v) is 7.22. The Morgan fingerprint density at radius 3 is 2.45 bits per heavy atom. The van der Waals surface area contributed by atoms with Gasteiger partial charge in [0, 0.05) is 32.9 Å². The lowest BCUT2D eigenvalue weighted by Crippen LogP contribution is -2.36. The van der Waals surface area contributed by atoms with Crippen LogP contribution in [-0.4, -0.2) is 37.6 Å². The number of nitrogens with one attached hydrogen (secondary N) is 2. The van der Waals surface area contributed by atoms with Crippen molar-refractivity contribution < 1.29 is 14.3 Å². The lowest BCUT2D eigenvalue weighted by Gasteiger charge is -2.20. The standard InChI is InChI=1S/C25H27N3O3/c1-28(17-21-12-6-7-14-23(21)20-10-4-3-5-11-20)25(30)26-16-19-9-8-13-22(15-19)27-24(29)18-31-2/h3-15H,16-18H2,1-2H3,(H,26,30)(H,27,29). The van der Waals surface area contributed by atoms with Crippen LogP contribution in [0.5, 0.6) is 0 Å². The Morgan fingerprint density at radius 1 is 0.935 bits per heavy atom. The summed E-state index contributed by atoms with van der Waals surface area (Å²) in [5.74, 6) is -0.222. The molecule has 0 aliphatic carbocycles. The molecule has 0 bridgehead atoms. The highest BCUT2D eigenvalue weighted by Crippen LogP contribution is 2.24. The molecule has 0 fully saturated rings. The zero-order chi connectivity index (χ0) is 22.1. The molecule has 3 aromatic rings. The summed E-state index contributed by atoms with van der Waals surface area (Å²) in [6.45, 7) is 0.845. The Bertz CT molecular complexity index is 1020. The van der Waals surface area contributed by atoms with Crippen molar-refractivity contribution >= 4 is 17.6 Å². The van der Waals surface area contributed by atoms with Gasteiger partial charge in [0.15, 0.2) is 0 Å². The van der Waals surface area contributed by atoms with Crippen LogP contribution in [0, 0.1) is 0 Å². The lowest BCUT2D eigenvalue weighted by molar-refractivity contribution is -0.119. The molecule has 0 spiro atoms. The molecule has 3 aromatic carbocycles. The summed E-state index contributed by atoms with van der Waals surface area (Å²) in [6, 6.07) is 25.4. The van der Waals surface area contributed by atoms with Gasteiger partial charge in [0.2, 0.25) is 5.91 Å². The third kappa shape index (κ3) is 6.42. The normalized spacial score (nSPS) is 10.4. The van der Waals surface area contributed by atoms with E-state index < -0.39 is 0 Å². The molecule has 0 aliphatic rings. The predicted octanol–water partition coefficient (Wildman–Crippen LogP) is 4.28. The van der Waals surface area contributed by atoms with Gasteiger partial charge in [-0.05, 0) is 34.4 Å². The van der Waals surface area contributed by atoms with Crippen LogP contribution in [0.3, 0.4) is 0 Å². The highest BCUT2D eigenvalue weighted by Gasteiger charge is 2.12. The van der Waals surface area contributed by atoms with Gasteiger partial charge in [-0.1, -0.05) is 66.7 Å². The Hall–Kier alpha value is -3.64. The van der Waals surface area contributed by atoms with Gasteiger partial charge >= 0.3 is 6.03 Å². The molecular weight excluding hydrogens is 390 g/mol. The first-order chi connectivity index (χ1) is 15.1. The van der Waals surface area contributed by atoms with Crippen molar-refractivity contribution in [1.82, 2.24) is 10.2 Å². The van der Waals surface area contributed by atoms with Crippen molar-refractivity contribution in [2.45, 2.75) is 13.1 Å². The highest BCUT2D eigenvalue weighted by molar-refractivity contribution is 5.91. The number of ether oxygens (including phenoxy) is 1. The van der Waals surface area contributed by atoms with Crippen LogP contribution in [0.25, 0.3) is 11.1 Å². The van der Waals surface area contributed by atoms with Crippen LogP contribution in [0.1, 0.15) is 11.1 Å². The molecule has 0 unspecified atom stereocenters. The third-order valence-electron chi connectivity index (χ3n) is 4.79. The van der Waals surface area contributed by atoms with Crippen molar-refractivity contribution in [2.24, 2.45) is 0 Å². The van der Waals surface area contributed by atoms with Gasteiger partial charge in [-0.2, -0.15) is 0 Å². The maximum absolute atomic E-state index is 12.6. The third-order valence-corrected chi connectivity index (χ3v) is 4.79. The molecule has 0 aromatic heterocycles. The molecule has 160 valence electrons. The molecule has 31 heavy (non-hydrogen) atoms. The van der Waals surface area contributed by atoms with Crippen molar-refractivity contribution in [3.63, 3.8) is 0 Å². The molecule has 6 nitrogen and oxygen atoms in total. The van der Waals surface area contributed by atoms with Gasteiger partial charge < -0.3 is 20.3 Å². The molecule has 0 saturated heterocycles. The Kier molecular flexibility index (Phi) is 7.79. The maximum Gasteiger partial charge on any atom is 0.317 e. The second-order valence-electron chi connectivity index (χ2n) is 7.22. The molecule has 3 rings (SSSR count). The first-order valence-electron chi connectivity index (χ1n) is 10.1. The number of nitrogens with zero attached hydrogens (tertiary/aromatic N) is 1. The minimum absolute atomic E-state index is 0.00376. The topological polar surface area (TPSA) is 70.7 Å². The minimum atomic E-state index is -0.222. The fourth-order valence-electron chi connectivity index (χ4n) is 3.28. The summed E-state index contributed by atoms with van der Waals surface area (Å²) in [4.78, 5) is 26.0. The summed E-state index contributed by atoms with van der Waals surface area (Å²) in [7, 11) is 3.25. The molecule has 0 aliphatic heterocycles. The Morgan fingerprint density at radius 2 is 1.68 bits per heavy atom. The van der Waals surface area contributed by atoms with E-state index in [1.807, 2.05) is 54.6 Å². The number of carbonyl (C=O) groups excluding carboxylic acids is 2. The van der Waals surface area contributed by atoms with Crippen LogP contribution < -0.4 is 10.6 Å². The van der Waals surface area contributed by atoms with E-state index in [-0.39, 0.29) is 18.5 Å².